The summed E-state index contributed by atoms with van der Waals surface area (Å²) in [4.78, 5) is 23.3. The number of benzene rings is 3. The van der Waals surface area contributed by atoms with E-state index in [4.69, 9.17) is 14.6 Å². The number of hydrogen-bond acceptors (Lipinski definition) is 7. The summed E-state index contributed by atoms with van der Waals surface area (Å²) in [7, 11) is 0. The minimum absolute atomic E-state index is 0.0718. The van der Waals surface area contributed by atoms with Gasteiger partial charge in [0.2, 0.25) is 5.60 Å². The first-order chi connectivity index (χ1) is 20.9. The fraction of sp³-hybridized carbons (Fsp3) is 0.323. The van der Waals surface area contributed by atoms with Crippen LogP contribution in [0.5, 0.6) is 11.5 Å². The van der Waals surface area contributed by atoms with Crippen molar-refractivity contribution < 1.29 is 42.6 Å². The molecule has 13 heteroatoms. The molecule has 0 radical (unpaired) electrons. The number of carbonyl (C=O) groups is 1. The van der Waals surface area contributed by atoms with Gasteiger partial charge in [0.05, 0.1) is 10.4 Å². The van der Waals surface area contributed by atoms with Gasteiger partial charge in [-0.3, -0.25) is 15.0 Å². The summed E-state index contributed by atoms with van der Waals surface area (Å²) in [5.41, 5.74) is -2.95. The van der Waals surface area contributed by atoms with Crippen LogP contribution in [-0.2, 0) is 16.9 Å². The number of ether oxygens (including phenoxy) is 2. The average molecular weight is 614 g/mol. The second-order valence-corrected chi connectivity index (χ2v) is 10.7. The number of carboxylic acids is 1. The van der Waals surface area contributed by atoms with Crippen LogP contribution < -0.4 is 9.47 Å². The Hall–Kier alpha value is -4.62. The molecule has 1 unspecified atom stereocenters. The van der Waals surface area contributed by atoms with Gasteiger partial charge < -0.3 is 24.3 Å². The van der Waals surface area contributed by atoms with Gasteiger partial charge in [-0.25, -0.2) is 4.79 Å². The third-order valence-corrected chi connectivity index (χ3v) is 7.67. The summed E-state index contributed by atoms with van der Waals surface area (Å²) in [6.07, 6.45) is -3.49. The van der Waals surface area contributed by atoms with E-state index >= 15 is 0 Å². The van der Waals surface area contributed by atoms with Crippen LogP contribution in [0.2, 0.25) is 0 Å². The number of halogens is 3. The Morgan fingerprint density at radius 3 is 2.30 bits per heavy atom. The Kier molecular flexibility index (Phi) is 8.79. The molecule has 1 atom stereocenters. The first-order valence-electron chi connectivity index (χ1n) is 13.9. The van der Waals surface area contributed by atoms with Crippen molar-refractivity contribution in [2.24, 2.45) is 0 Å². The molecule has 0 amide bonds. The molecule has 0 saturated carbocycles. The van der Waals surface area contributed by atoms with E-state index < -0.39 is 35.8 Å². The Labute approximate surface area is 250 Å². The molecular formula is C31H30F3N3O7. The number of likely N-dealkylation sites (tertiary alicyclic amines) is 1. The Bertz CT molecular complexity index is 1640. The second kappa shape index (κ2) is 12.5. The van der Waals surface area contributed by atoms with E-state index in [1.807, 2.05) is 0 Å². The van der Waals surface area contributed by atoms with E-state index in [0.717, 1.165) is 11.6 Å². The number of piperidine rings is 1. The smallest absolute Gasteiger partial charge is 0.422 e. The summed E-state index contributed by atoms with van der Waals surface area (Å²) < 4.78 is 57.1. The van der Waals surface area contributed by atoms with Crippen molar-refractivity contribution in [2.45, 2.75) is 37.3 Å². The molecule has 44 heavy (non-hydrogen) atoms. The average Bonchev–Trinajstić information content (AvgIpc) is 3.35. The van der Waals surface area contributed by atoms with Gasteiger partial charge in [-0.15, -0.1) is 0 Å². The lowest BCUT2D eigenvalue weighted by molar-refractivity contribution is -0.384. The number of β-amino-alcohol motifs (C(OH)–C–C–N with tert-alkyl or cyclic N) is 1. The summed E-state index contributed by atoms with van der Waals surface area (Å²) in [6.45, 7) is -0.773. The van der Waals surface area contributed by atoms with Crippen molar-refractivity contribution in [1.82, 2.24) is 9.47 Å². The maximum Gasteiger partial charge on any atom is 0.422 e. The highest BCUT2D eigenvalue weighted by Crippen LogP contribution is 2.44. The van der Waals surface area contributed by atoms with Crippen LogP contribution in [-0.4, -0.2) is 69.1 Å². The molecule has 0 bridgehead atoms. The van der Waals surface area contributed by atoms with Gasteiger partial charge in [0.25, 0.3) is 5.69 Å². The molecule has 232 valence electrons. The topological polar surface area (TPSA) is 127 Å². The van der Waals surface area contributed by atoms with Crippen LogP contribution in [0.25, 0.3) is 10.9 Å². The molecule has 2 N–H and O–H groups in total. The van der Waals surface area contributed by atoms with Crippen LogP contribution in [0.4, 0.5) is 18.9 Å². The SMILES string of the molecule is O=C(O)COc1ccccc1OC1CCN(CC(O)(c2cn(Cc3ccccc3)c3cc([N+](=O)[O-])ccc23)C(F)(F)F)CC1. The number of non-ortho nitro benzene ring substituents is 1. The molecule has 1 saturated heterocycles. The lowest BCUT2D eigenvalue weighted by Crippen LogP contribution is -2.53. The minimum Gasteiger partial charge on any atom is -0.486 e. The molecule has 4 aromatic rings. The zero-order valence-electron chi connectivity index (χ0n) is 23.4. The summed E-state index contributed by atoms with van der Waals surface area (Å²) in [6, 6.07) is 19.1. The number of aliphatic carboxylic acids is 1. The van der Waals surface area contributed by atoms with E-state index in [2.05, 4.69) is 0 Å². The number of para-hydroxylation sites is 2. The van der Waals surface area contributed by atoms with E-state index in [1.165, 1.54) is 27.8 Å². The van der Waals surface area contributed by atoms with Gasteiger partial charge in [0.15, 0.2) is 18.1 Å². The van der Waals surface area contributed by atoms with Gasteiger partial charge >= 0.3 is 12.1 Å². The van der Waals surface area contributed by atoms with Crippen molar-refractivity contribution in [1.29, 1.82) is 0 Å². The standard InChI is InChI=1S/C31H30F3N3O7/c32-31(33,34)30(40,20-35-14-12-23(13-15-35)44-28-9-5-4-8-27(28)43-19-29(38)39)25-18-36(17-21-6-2-1-3-7-21)26-16-22(37(41)42)10-11-24(25)26/h1-11,16,18,23,40H,12-15,17,19-20H2,(H,38,39). The van der Waals surface area contributed by atoms with Crippen LogP contribution >= 0.6 is 0 Å². The molecule has 2 heterocycles. The highest BCUT2D eigenvalue weighted by Gasteiger charge is 2.57. The van der Waals surface area contributed by atoms with Crippen molar-refractivity contribution in [3.05, 3.63) is 100 Å². The third kappa shape index (κ3) is 6.63. The maximum absolute atomic E-state index is 14.8. The monoisotopic (exact) mass is 613 g/mol. The zero-order valence-corrected chi connectivity index (χ0v) is 23.4. The van der Waals surface area contributed by atoms with Crippen LogP contribution in [0.3, 0.4) is 0 Å². The number of rotatable bonds is 11. The predicted molar refractivity (Wildman–Crippen MR) is 154 cm³/mol. The van der Waals surface area contributed by atoms with Crippen LogP contribution in [0.1, 0.15) is 24.0 Å². The van der Waals surface area contributed by atoms with Gasteiger partial charge in [0, 0.05) is 55.5 Å². The van der Waals surface area contributed by atoms with Crippen molar-refractivity contribution in [3.63, 3.8) is 0 Å². The maximum atomic E-state index is 14.8. The van der Waals surface area contributed by atoms with Gasteiger partial charge in [0.1, 0.15) is 6.10 Å². The lowest BCUT2D eigenvalue weighted by atomic mass is 9.91. The van der Waals surface area contributed by atoms with Crippen LogP contribution in [0.15, 0.2) is 79.0 Å². The van der Waals surface area contributed by atoms with Gasteiger partial charge in [-0.05, 0) is 36.6 Å². The third-order valence-electron chi connectivity index (χ3n) is 7.67. The van der Waals surface area contributed by atoms with Crippen LogP contribution in [0, 0.1) is 10.1 Å². The van der Waals surface area contributed by atoms with E-state index in [0.29, 0.717) is 18.6 Å². The predicted octanol–water partition coefficient (Wildman–Crippen LogP) is 5.35. The molecule has 0 aliphatic carbocycles. The van der Waals surface area contributed by atoms with Crippen molar-refractivity contribution >= 4 is 22.6 Å². The van der Waals surface area contributed by atoms with E-state index in [1.54, 1.807) is 54.6 Å². The molecule has 1 aromatic heterocycles. The normalized spacial score (nSPS) is 16.0. The largest absolute Gasteiger partial charge is 0.486 e. The number of nitrogens with zero attached hydrogens (tertiary/aromatic N) is 3. The van der Waals surface area contributed by atoms with Crippen molar-refractivity contribution in [3.8, 4) is 11.5 Å². The number of nitro benzene ring substituents is 1. The second-order valence-electron chi connectivity index (χ2n) is 10.7. The molecule has 1 fully saturated rings. The fourth-order valence-electron chi connectivity index (χ4n) is 5.46. The molecule has 3 aromatic carbocycles. The molecule has 1 aliphatic rings. The lowest BCUT2D eigenvalue weighted by Gasteiger charge is -2.39. The number of aromatic nitrogens is 1. The number of aliphatic hydroxyl groups is 1. The molecule has 1 aliphatic heterocycles. The zero-order chi connectivity index (χ0) is 31.5. The number of alkyl halides is 3. The van der Waals surface area contributed by atoms with E-state index in [9.17, 15) is 33.2 Å². The van der Waals surface area contributed by atoms with Crippen molar-refractivity contribution in [2.75, 3.05) is 26.2 Å². The number of fused-ring (bicyclic) bond motifs is 1. The molecule has 10 nitrogen and oxygen atoms in total. The minimum atomic E-state index is -5.06. The quantitative estimate of drug-likeness (QED) is 0.171. The van der Waals surface area contributed by atoms with E-state index in [-0.39, 0.29) is 53.6 Å². The number of nitro groups is 1. The summed E-state index contributed by atoms with van der Waals surface area (Å²) >= 11 is 0. The first kappa shape index (κ1) is 30.8. The Balaban J connectivity index is 1.38. The number of carboxylic acid groups (broad SMARTS) is 1. The fourth-order valence-corrected chi connectivity index (χ4v) is 5.46. The van der Waals surface area contributed by atoms with Gasteiger partial charge in [-0.1, -0.05) is 42.5 Å². The summed E-state index contributed by atoms with van der Waals surface area (Å²) in [5, 5.41) is 31.9. The Morgan fingerprint density at radius 1 is 1.00 bits per heavy atom. The molecule has 5 rings (SSSR count). The summed E-state index contributed by atoms with van der Waals surface area (Å²) in [5.74, 6) is -0.568. The molecular weight excluding hydrogens is 583 g/mol. The first-order valence-corrected chi connectivity index (χ1v) is 13.9. The Morgan fingerprint density at radius 2 is 1.66 bits per heavy atom. The van der Waals surface area contributed by atoms with Gasteiger partial charge in [-0.2, -0.15) is 13.2 Å². The number of hydrogen-bond donors (Lipinski definition) is 2. The highest BCUT2D eigenvalue weighted by molar-refractivity contribution is 5.87. The molecule has 0 spiro atoms. The highest BCUT2D eigenvalue weighted by atomic mass is 19.4.